The Bertz CT molecular complexity index is 4100. The van der Waals surface area contributed by atoms with Crippen LogP contribution in [-0.2, 0) is 0 Å². The molecule has 5 aromatic heterocycles. The van der Waals surface area contributed by atoms with Gasteiger partial charge < -0.3 is 13.6 Å². The van der Waals surface area contributed by atoms with Gasteiger partial charge in [0.15, 0.2) is 0 Å². The van der Waals surface area contributed by atoms with Crippen LogP contribution in [0.2, 0.25) is 0 Å². The Hall–Kier alpha value is -10.6. The zero-order valence-electron chi connectivity index (χ0n) is 37.5. The van der Waals surface area contributed by atoms with Crippen molar-refractivity contribution < 1.29 is 4.42 Å². The molecule has 0 saturated carbocycles. The Morgan fingerprint density at radius 1 is 0.324 bits per heavy atom. The molecule has 0 spiro atoms. The van der Waals surface area contributed by atoms with Crippen molar-refractivity contribution in [1.82, 2.24) is 19.1 Å². The van der Waals surface area contributed by atoms with Crippen LogP contribution >= 0.6 is 0 Å². The largest absolute Gasteiger partial charge is 0.419 e. The van der Waals surface area contributed by atoms with Gasteiger partial charge in [0.2, 0.25) is 11.4 Å². The van der Waals surface area contributed by atoms with E-state index in [4.69, 9.17) is 14.4 Å². The van der Waals surface area contributed by atoms with Crippen molar-refractivity contribution in [3.05, 3.63) is 216 Å². The summed E-state index contributed by atoms with van der Waals surface area (Å²) in [5.74, 6) is 0. The second kappa shape index (κ2) is 16.0. The monoisotopic (exact) mass is 904 g/mol. The van der Waals surface area contributed by atoms with E-state index < -0.39 is 0 Å². The number of pyridine rings is 2. The van der Waals surface area contributed by atoms with Gasteiger partial charge >= 0.3 is 0 Å². The summed E-state index contributed by atoms with van der Waals surface area (Å²) in [7, 11) is 0. The fraction of sp³-hybridized carbons (Fsp3) is 0. The number of nitriles is 4. The molecule has 13 aromatic rings. The summed E-state index contributed by atoms with van der Waals surface area (Å²) in [4.78, 5) is 9.68. The summed E-state index contributed by atoms with van der Waals surface area (Å²) in [6.07, 6.45) is 0. The Kier molecular flexibility index (Phi) is 9.19. The first kappa shape index (κ1) is 40.7. The summed E-state index contributed by atoms with van der Waals surface area (Å²) in [6, 6.07) is 73.3. The second-order valence-corrected chi connectivity index (χ2v) is 17.4. The van der Waals surface area contributed by atoms with E-state index in [0.717, 1.165) is 55.7 Å². The van der Waals surface area contributed by atoms with Gasteiger partial charge in [0, 0.05) is 54.8 Å². The van der Waals surface area contributed by atoms with Crippen molar-refractivity contribution in [3.63, 3.8) is 0 Å². The molecule has 13 rings (SSSR count). The molecule has 0 N–H and O–H groups in total. The highest BCUT2D eigenvalue weighted by molar-refractivity contribution is 6.10. The molecule has 0 bridgehead atoms. The molecule has 0 atom stereocenters. The van der Waals surface area contributed by atoms with Gasteiger partial charge in [0.05, 0.1) is 80.0 Å². The van der Waals surface area contributed by atoms with Gasteiger partial charge in [-0.05, 0) is 119 Å². The van der Waals surface area contributed by atoms with Crippen LogP contribution in [-0.4, -0.2) is 19.1 Å². The maximum absolute atomic E-state index is 10.5. The minimum atomic E-state index is 0.264. The molecule has 0 radical (unpaired) electrons. The molecular formula is C62H32N8O. The maximum atomic E-state index is 10.5. The molecule has 0 unspecified atom stereocenters. The van der Waals surface area contributed by atoms with Crippen LogP contribution in [0.1, 0.15) is 22.3 Å². The standard InChI is InChI=1S/C62H32N8O/c63-33-41-29-39(37-17-21-45(22-18-37)69-55-13-5-1-9-47(55)48-10-2-6-14-56(48)69)30-42(34-64)59(41)53-27-25-51-52-26-28-54(68-62(52)71-61(51)67-53)60-43(35-65)31-40(32-44(60)36-66)38-19-23-46(24-20-38)70-57-15-7-3-11-49(57)50-12-4-8-16-58(50)70/h1-32H. The fourth-order valence-electron chi connectivity index (χ4n) is 10.3. The van der Waals surface area contributed by atoms with Gasteiger partial charge in [0.25, 0.3) is 0 Å². The van der Waals surface area contributed by atoms with E-state index in [1.54, 1.807) is 36.4 Å². The molecule has 0 amide bonds. The molecule has 326 valence electrons. The first-order valence-corrected chi connectivity index (χ1v) is 22.9. The van der Waals surface area contributed by atoms with Crippen LogP contribution in [0.5, 0.6) is 0 Å². The van der Waals surface area contributed by atoms with Crippen molar-refractivity contribution in [2.24, 2.45) is 0 Å². The van der Waals surface area contributed by atoms with Crippen molar-refractivity contribution in [2.75, 3.05) is 0 Å². The lowest BCUT2D eigenvalue weighted by molar-refractivity contribution is 0.641. The van der Waals surface area contributed by atoms with Crippen molar-refractivity contribution in [1.29, 1.82) is 21.0 Å². The van der Waals surface area contributed by atoms with E-state index in [0.29, 0.717) is 55.5 Å². The molecule has 0 aliphatic heterocycles. The number of para-hydroxylation sites is 4. The minimum Gasteiger partial charge on any atom is -0.419 e. The van der Waals surface area contributed by atoms with Crippen LogP contribution in [0.25, 0.3) is 122 Å². The van der Waals surface area contributed by atoms with Gasteiger partial charge in [0.1, 0.15) is 0 Å². The van der Waals surface area contributed by atoms with Crippen LogP contribution in [0.15, 0.2) is 199 Å². The van der Waals surface area contributed by atoms with Crippen LogP contribution in [0.4, 0.5) is 0 Å². The summed E-state index contributed by atoms with van der Waals surface area (Å²) in [5, 5.41) is 48.1. The quantitative estimate of drug-likeness (QED) is 0.161. The zero-order valence-corrected chi connectivity index (χ0v) is 37.5. The van der Waals surface area contributed by atoms with Gasteiger partial charge in [-0.15, -0.1) is 0 Å². The van der Waals surface area contributed by atoms with E-state index in [1.807, 2.05) is 60.7 Å². The molecular weight excluding hydrogens is 873 g/mol. The maximum Gasteiger partial charge on any atom is 0.230 e. The summed E-state index contributed by atoms with van der Waals surface area (Å²) >= 11 is 0. The Morgan fingerprint density at radius 2 is 0.634 bits per heavy atom. The van der Waals surface area contributed by atoms with E-state index in [9.17, 15) is 21.0 Å². The summed E-state index contributed by atoms with van der Waals surface area (Å²) in [6.45, 7) is 0. The third-order valence-electron chi connectivity index (χ3n) is 13.6. The first-order chi connectivity index (χ1) is 35.0. The van der Waals surface area contributed by atoms with Gasteiger partial charge in [-0.25, -0.2) is 9.97 Å². The van der Waals surface area contributed by atoms with Gasteiger partial charge in [-0.1, -0.05) is 97.1 Å². The lowest BCUT2D eigenvalue weighted by Crippen LogP contribution is -1.96. The Morgan fingerprint density at radius 3 is 0.944 bits per heavy atom. The predicted octanol–water partition coefficient (Wildman–Crippen LogP) is 14.7. The van der Waals surface area contributed by atoms with Crippen molar-refractivity contribution in [2.45, 2.75) is 0 Å². The lowest BCUT2D eigenvalue weighted by atomic mass is 9.92. The van der Waals surface area contributed by atoms with Crippen LogP contribution in [0.3, 0.4) is 0 Å². The molecule has 71 heavy (non-hydrogen) atoms. The number of aromatic nitrogens is 4. The van der Waals surface area contributed by atoms with E-state index in [-0.39, 0.29) is 11.4 Å². The van der Waals surface area contributed by atoms with Crippen molar-refractivity contribution >= 4 is 65.8 Å². The highest BCUT2D eigenvalue weighted by Gasteiger charge is 2.22. The van der Waals surface area contributed by atoms with Crippen LogP contribution in [0, 0.1) is 45.3 Å². The van der Waals surface area contributed by atoms with Crippen LogP contribution < -0.4 is 0 Å². The second-order valence-electron chi connectivity index (χ2n) is 17.4. The van der Waals surface area contributed by atoms with E-state index in [1.165, 1.54) is 21.5 Å². The molecule has 9 heteroatoms. The number of fused-ring (bicyclic) bond motifs is 9. The van der Waals surface area contributed by atoms with Gasteiger partial charge in [-0.3, -0.25) is 0 Å². The molecule has 5 heterocycles. The number of hydrogen-bond donors (Lipinski definition) is 0. The lowest BCUT2D eigenvalue weighted by Gasteiger charge is -2.12. The number of hydrogen-bond acceptors (Lipinski definition) is 7. The molecule has 8 aromatic carbocycles. The summed E-state index contributed by atoms with van der Waals surface area (Å²) in [5.41, 5.74) is 12.9. The Balaban J connectivity index is 0.823. The smallest absolute Gasteiger partial charge is 0.230 e. The molecule has 9 nitrogen and oxygen atoms in total. The SMILES string of the molecule is N#Cc1cc(-c2ccc(-n3c4ccccc4c4ccccc43)cc2)cc(C#N)c1-c1ccc2c(n1)oc1nc(-c3c(C#N)cc(-c4ccc(-n5c6ccccc6c6ccccc65)cc4)cc3C#N)ccc12. The topological polar surface area (TPSA) is 144 Å². The van der Waals surface area contributed by atoms with Crippen molar-refractivity contribution in [3.8, 4) is 80.4 Å². The van der Waals surface area contributed by atoms with Gasteiger partial charge in [-0.2, -0.15) is 21.0 Å². The average molecular weight is 905 g/mol. The zero-order chi connectivity index (χ0) is 47.7. The predicted molar refractivity (Wildman–Crippen MR) is 279 cm³/mol. The normalized spacial score (nSPS) is 11.3. The third-order valence-corrected chi connectivity index (χ3v) is 13.6. The Labute approximate surface area is 405 Å². The van der Waals surface area contributed by atoms with E-state index in [2.05, 4.69) is 130 Å². The third kappa shape index (κ3) is 6.37. The van der Waals surface area contributed by atoms with E-state index >= 15 is 0 Å². The molecule has 0 fully saturated rings. The molecule has 0 aliphatic carbocycles. The number of benzene rings is 8. The number of furan rings is 1. The summed E-state index contributed by atoms with van der Waals surface area (Å²) < 4.78 is 10.8. The minimum absolute atomic E-state index is 0.264. The average Bonchev–Trinajstić information content (AvgIpc) is 4.09. The first-order valence-electron chi connectivity index (χ1n) is 22.9. The highest BCUT2D eigenvalue weighted by Crippen LogP contribution is 2.39. The fourth-order valence-corrected chi connectivity index (χ4v) is 10.3. The number of nitrogens with zero attached hydrogens (tertiary/aromatic N) is 8. The molecule has 0 saturated heterocycles. The highest BCUT2D eigenvalue weighted by atomic mass is 16.3. The molecule has 0 aliphatic rings. The number of rotatable bonds is 6.